The molecule has 12 heavy (non-hydrogen) atoms. The van der Waals surface area contributed by atoms with Crippen molar-refractivity contribution in [2.45, 2.75) is 28.6 Å². The molecule has 1 aliphatic heterocycles. The molecule has 0 bridgehead atoms. The van der Waals surface area contributed by atoms with Crippen LogP contribution in [0.3, 0.4) is 0 Å². The van der Waals surface area contributed by atoms with E-state index in [4.69, 9.17) is 5.11 Å². The summed E-state index contributed by atoms with van der Waals surface area (Å²) in [5.41, 5.74) is 0. The Morgan fingerprint density at radius 1 is 1.33 bits per heavy atom. The highest BCUT2D eigenvalue weighted by molar-refractivity contribution is 14.1. The molecule has 0 saturated carbocycles. The lowest BCUT2D eigenvalue weighted by Crippen LogP contribution is -2.55. The fourth-order valence-corrected chi connectivity index (χ4v) is 1.63. The van der Waals surface area contributed by atoms with Crippen LogP contribution in [0.4, 0.5) is 4.39 Å². The molecule has 1 rings (SSSR count). The van der Waals surface area contributed by atoms with Crippen LogP contribution in [-0.4, -0.2) is 50.5 Å². The average molecular weight is 292 g/mol. The highest BCUT2D eigenvalue weighted by Crippen LogP contribution is 2.27. The second-order valence-electron chi connectivity index (χ2n) is 2.63. The molecule has 0 amide bonds. The van der Waals surface area contributed by atoms with Gasteiger partial charge in [0.05, 0.1) is 16.6 Å². The minimum Gasteiger partial charge on any atom is -0.394 e. The standard InChI is InChI=1S/C6H10FIO4/c7-6-3(8)5(11)4(10)2(1-9)12-6/h2-6,9-11H,1H2/t2-,3-,4-,5-,6-/m1/s1. The van der Waals surface area contributed by atoms with Gasteiger partial charge in [0.1, 0.15) is 12.2 Å². The maximum Gasteiger partial charge on any atom is 0.213 e. The third-order valence-electron chi connectivity index (χ3n) is 1.79. The summed E-state index contributed by atoms with van der Waals surface area (Å²) in [5.74, 6) is 0. The van der Waals surface area contributed by atoms with Gasteiger partial charge in [0.25, 0.3) is 0 Å². The second-order valence-corrected chi connectivity index (χ2v) is 4.07. The van der Waals surface area contributed by atoms with Gasteiger partial charge in [-0.25, -0.2) is 4.39 Å². The van der Waals surface area contributed by atoms with Crippen LogP contribution in [0, 0.1) is 0 Å². The first-order valence-corrected chi connectivity index (χ1v) is 4.73. The maximum absolute atomic E-state index is 12.8. The Balaban J connectivity index is 2.63. The van der Waals surface area contributed by atoms with E-state index in [0.29, 0.717) is 0 Å². The smallest absolute Gasteiger partial charge is 0.213 e. The molecular weight excluding hydrogens is 282 g/mol. The van der Waals surface area contributed by atoms with Crippen LogP contribution in [0.25, 0.3) is 0 Å². The van der Waals surface area contributed by atoms with Crippen molar-refractivity contribution in [3.05, 3.63) is 0 Å². The maximum atomic E-state index is 12.8. The van der Waals surface area contributed by atoms with Crippen molar-refractivity contribution >= 4 is 22.6 Å². The highest BCUT2D eigenvalue weighted by atomic mass is 127. The lowest BCUT2D eigenvalue weighted by atomic mass is 10.0. The lowest BCUT2D eigenvalue weighted by Gasteiger charge is -2.36. The minimum absolute atomic E-state index is 0.498. The first kappa shape index (κ1) is 10.6. The van der Waals surface area contributed by atoms with Crippen LogP contribution >= 0.6 is 22.6 Å². The van der Waals surface area contributed by atoms with Crippen molar-refractivity contribution < 1.29 is 24.4 Å². The Labute approximate surface area is 82.5 Å². The lowest BCUT2D eigenvalue weighted by molar-refractivity contribution is -0.206. The van der Waals surface area contributed by atoms with Crippen molar-refractivity contribution in [2.75, 3.05) is 6.61 Å². The zero-order valence-electron chi connectivity index (χ0n) is 6.10. The van der Waals surface area contributed by atoms with E-state index in [1.807, 2.05) is 0 Å². The van der Waals surface area contributed by atoms with E-state index in [-0.39, 0.29) is 0 Å². The van der Waals surface area contributed by atoms with Gasteiger partial charge in [0.2, 0.25) is 6.36 Å². The van der Waals surface area contributed by atoms with E-state index in [1.165, 1.54) is 0 Å². The van der Waals surface area contributed by atoms with Crippen LogP contribution in [-0.2, 0) is 4.74 Å². The molecule has 0 aromatic carbocycles. The molecule has 0 radical (unpaired) electrons. The van der Waals surface area contributed by atoms with Crippen LogP contribution in [0.1, 0.15) is 0 Å². The molecule has 0 spiro atoms. The fourth-order valence-electron chi connectivity index (χ4n) is 1.04. The Hall–Kier alpha value is 0.500. The number of ether oxygens (including phenoxy) is 1. The largest absolute Gasteiger partial charge is 0.394 e. The van der Waals surface area contributed by atoms with Gasteiger partial charge in [-0.1, -0.05) is 22.6 Å². The van der Waals surface area contributed by atoms with E-state index in [0.717, 1.165) is 0 Å². The Kier molecular flexibility index (Phi) is 3.65. The SMILES string of the molecule is OC[C@H]1O[C@@H](F)[C@H](I)[C@@H](O)[C@@H]1O. The van der Waals surface area contributed by atoms with Gasteiger partial charge in [-0.05, 0) is 0 Å². The topological polar surface area (TPSA) is 69.9 Å². The van der Waals surface area contributed by atoms with Crippen molar-refractivity contribution in [1.29, 1.82) is 0 Å². The van der Waals surface area contributed by atoms with Gasteiger partial charge < -0.3 is 20.1 Å². The molecule has 0 unspecified atom stereocenters. The van der Waals surface area contributed by atoms with Gasteiger partial charge in [-0.2, -0.15) is 0 Å². The van der Waals surface area contributed by atoms with Gasteiger partial charge in [-0.3, -0.25) is 0 Å². The summed E-state index contributed by atoms with van der Waals surface area (Å²) in [7, 11) is 0. The van der Waals surface area contributed by atoms with Gasteiger partial charge in [-0.15, -0.1) is 0 Å². The normalized spacial score (nSPS) is 49.2. The number of hydrogen-bond acceptors (Lipinski definition) is 4. The summed E-state index contributed by atoms with van der Waals surface area (Å²) in [6.07, 6.45) is -5.07. The molecule has 1 fully saturated rings. The third kappa shape index (κ3) is 1.87. The first-order chi connectivity index (χ1) is 5.57. The number of rotatable bonds is 1. The Morgan fingerprint density at radius 2 is 1.92 bits per heavy atom. The molecule has 0 aliphatic carbocycles. The summed E-state index contributed by atoms with van der Waals surface area (Å²) >= 11 is 1.66. The predicted molar refractivity (Wildman–Crippen MR) is 46.7 cm³/mol. The van der Waals surface area contributed by atoms with E-state index in [1.54, 1.807) is 22.6 Å². The Bertz CT molecular complexity index is 154. The van der Waals surface area contributed by atoms with Crippen molar-refractivity contribution in [1.82, 2.24) is 0 Å². The minimum atomic E-state index is -1.64. The predicted octanol–water partition coefficient (Wildman–Crippen LogP) is -0.802. The molecule has 4 nitrogen and oxygen atoms in total. The van der Waals surface area contributed by atoms with E-state index < -0.39 is 35.2 Å². The third-order valence-corrected chi connectivity index (χ3v) is 3.09. The molecule has 72 valence electrons. The Morgan fingerprint density at radius 3 is 2.42 bits per heavy atom. The summed E-state index contributed by atoms with van der Waals surface area (Å²) in [6.45, 7) is -0.498. The molecule has 0 aromatic rings. The van der Waals surface area contributed by atoms with Crippen molar-refractivity contribution in [3.63, 3.8) is 0 Å². The van der Waals surface area contributed by atoms with Crippen LogP contribution in [0.15, 0.2) is 0 Å². The van der Waals surface area contributed by atoms with E-state index >= 15 is 0 Å². The number of halogens is 2. The van der Waals surface area contributed by atoms with Crippen LogP contribution < -0.4 is 0 Å². The molecule has 5 atom stereocenters. The molecule has 1 saturated heterocycles. The highest BCUT2D eigenvalue weighted by Gasteiger charge is 2.42. The number of aliphatic hydroxyl groups excluding tert-OH is 3. The molecule has 1 heterocycles. The number of aliphatic hydroxyl groups is 3. The summed E-state index contributed by atoms with van der Waals surface area (Å²) in [4.78, 5) is 0. The van der Waals surface area contributed by atoms with Crippen LogP contribution in [0.5, 0.6) is 0 Å². The quantitative estimate of drug-likeness (QED) is 0.437. The monoisotopic (exact) mass is 292 g/mol. The van der Waals surface area contributed by atoms with E-state index in [2.05, 4.69) is 4.74 Å². The van der Waals surface area contributed by atoms with Crippen molar-refractivity contribution in [2.24, 2.45) is 0 Å². The van der Waals surface area contributed by atoms with Gasteiger partial charge >= 0.3 is 0 Å². The summed E-state index contributed by atoms with van der Waals surface area (Å²) in [5, 5.41) is 27.1. The number of hydrogen-bond donors (Lipinski definition) is 3. The molecular formula is C6H10FIO4. The molecule has 1 aliphatic rings. The second kappa shape index (κ2) is 4.14. The molecule has 0 aromatic heterocycles. The number of alkyl halides is 2. The fraction of sp³-hybridized carbons (Fsp3) is 1.00. The summed E-state index contributed by atoms with van der Waals surface area (Å²) in [6, 6.07) is 0. The zero-order chi connectivity index (χ0) is 9.30. The molecule has 6 heteroatoms. The van der Waals surface area contributed by atoms with Crippen molar-refractivity contribution in [3.8, 4) is 0 Å². The van der Waals surface area contributed by atoms with E-state index in [9.17, 15) is 14.6 Å². The average Bonchev–Trinajstić information content (AvgIpc) is 2.08. The van der Waals surface area contributed by atoms with Gasteiger partial charge in [0.15, 0.2) is 0 Å². The summed E-state index contributed by atoms with van der Waals surface area (Å²) < 4.78 is 16.6. The van der Waals surface area contributed by atoms with Gasteiger partial charge in [0, 0.05) is 0 Å². The molecule has 3 N–H and O–H groups in total. The van der Waals surface area contributed by atoms with Crippen LogP contribution in [0.2, 0.25) is 0 Å². The first-order valence-electron chi connectivity index (χ1n) is 3.48. The zero-order valence-corrected chi connectivity index (χ0v) is 8.26.